The van der Waals surface area contributed by atoms with Gasteiger partial charge in [-0.1, -0.05) is 48.5 Å². The number of hydrogen-bond donors (Lipinski definition) is 1. The molecule has 0 aromatic heterocycles. The number of anilines is 2. The Kier molecular flexibility index (Phi) is 4.71. The average Bonchev–Trinajstić information content (AvgIpc) is 2.88. The number of carboxylic acids is 1. The van der Waals surface area contributed by atoms with Crippen molar-refractivity contribution in [3.8, 4) is 6.19 Å². The number of hydrogen-bond acceptors (Lipinski definition) is 5. The molecule has 0 bridgehead atoms. The predicted octanol–water partition coefficient (Wildman–Crippen LogP) is 4.46. The Morgan fingerprint density at radius 2 is 1.55 bits per heavy atom. The van der Waals surface area contributed by atoms with Gasteiger partial charge in [0.25, 0.3) is 0 Å². The molecule has 0 aliphatic carbocycles. The van der Waals surface area contributed by atoms with E-state index in [1.54, 1.807) is 18.2 Å². The van der Waals surface area contributed by atoms with E-state index in [-0.39, 0.29) is 11.1 Å². The number of carbonyl (C=O) groups excluding carboxylic acids is 1. The summed E-state index contributed by atoms with van der Waals surface area (Å²) in [6.07, 6.45) is 1.90. The standard InChI is InChI=1S/C23H16N2O4/c24-14-25-19-11-5-1-7-15(19)13-21(18-10-4-6-12-20(18)25)29-23(28)17-9-3-2-8-16(17)22(26)27/h1-12,21H,13H2,(H,26,27)/t21-/m0/s1. The van der Waals surface area contributed by atoms with Crippen LogP contribution in [0.1, 0.15) is 37.9 Å². The Labute approximate surface area is 167 Å². The van der Waals surface area contributed by atoms with E-state index < -0.39 is 18.0 Å². The summed E-state index contributed by atoms with van der Waals surface area (Å²) in [6, 6.07) is 20.6. The van der Waals surface area contributed by atoms with Crippen LogP contribution in [0.25, 0.3) is 0 Å². The van der Waals surface area contributed by atoms with Crippen molar-refractivity contribution >= 4 is 23.3 Å². The zero-order chi connectivity index (χ0) is 20.4. The normalized spacial score (nSPS) is 14.7. The lowest BCUT2D eigenvalue weighted by Crippen LogP contribution is -2.17. The SMILES string of the molecule is N#CN1c2ccccc2C[C@H](OC(=O)c2ccccc2C(=O)O)c2ccccc21. The monoisotopic (exact) mass is 384 g/mol. The number of benzene rings is 3. The van der Waals surface area contributed by atoms with Gasteiger partial charge in [0.1, 0.15) is 6.10 Å². The number of aromatic carboxylic acids is 1. The minimum Gasteiger partial charge on any atom is -0.478 e. The van der Waals surface area contributed by atoms with E-state index in [9.17, 15) is 20.0 Å². The Balaban J connectivity index is 1.77. The van der Waals surface area contributed by atoms with Gasteiger partial charge < -0.3 is 9.84 Å². The highest BCUT2D eigenvalue weighted by Crippen LogP contribution is 2.41. The predicted molar refractivity (Wildman–Crippen MR) is 106 cm³/mol. The molecule has 1 aliphatic rings. The first-order valence-corrected chi connectivity index (χ1v) is 9.00. The smallest absolute Gasteiger partial charge is 0.339 e. The lowest BCUT2D eigenvalue weighted by Gasteiger charge is -2.20. The van der Waals surface area contributed by atoms with Crippen molar-refractivity contribution in [3.63, 3.8) is 0 Å². The highest BCUT2D eigenvalue weighted by molar-refractivity contribution is 6.02. The van der Waals surface area contributed by atoms with Gasteiger partial charge in [-0.2, -0.15) is 5.26 Å². The summed E-state index contributed by atoms with van der Waals surface area (Å²) in [5, 5.41) is 19.1. The van der Waals surface area contributed by atoms with Crippen LogP contribution in [0.3, 0.4) is 0 Å². The number of ether oxygens (including phenoxy) is 1. The lowest BCUT2D eigenvalue weighted by molar-refractivity contribution is 0.0295. The zero-order valence-electron chi connectivity index (χ0n) is 15.3. The summed E-state index contributed by atoms with van der Waals surface area (Å²) in [7, 11) is 0. The molecule has 29 heavy (non-hydrogen) atoms. The molecule has 0 amide bonds. The fraction of sp³-hybridized carbons (Fsp3) is 0.0870. The van der Waals surface area contributed by atoms with Gasteiger partial charge in [-0.15, -0.1) is 0 Å². The molecular formula is C23H16N2O4. The topological polar surface area (TPSA) is 90.6 Å². The Morgan fingerprint density at radius 3 is 2.28 bits per heavy atom. The molecule has 3 aromatic rings. The molecule has 1 aliphatic heterocycles. The average molecular weight is 384 g/mol. The fourth-order valence-corrected chi connectivity index (χ4v) is 3.56. The molecule has 0 saturated heterocycles. The van der Waals surface area contributed by atoms with Gasteiger partial charge in [0.2, 0.25) is 0 Å². The molecule has 0 fully saturated rings. The Bertz CT molecular complexity index is 1150. The van der Waals surface area contributed by atoms with Crippen LogP contribution in [-0.2, 0) is 11.2 Å². The minimum atomic E-state index is -1.19. The number of nitriles is 1. The van der Waals surface area contributed by atoms with Crippen LogP contribution in [0, 0.1) is 11.5 Å². The maximum absolute atomic E-state index is 12.9. The molecule has 6 heteroatoms. The molecule has 0 spiro atoms. The van der Waals surface area contributed by atoms with Crippen molar-refractivity contribution in [3.05, 3.63) is 95.1 Å². The first-order chi connectivity index (χ1) is 14.1. The highest BCUT2D eigenvalue weighted by atomic mass is 16.5. The first-order valence-electron chi connectivity index (χ1n) is 9.00. The molecule has 0 saturated carbocycles. The summed E-state index contributed by atoms with van der Waals surface area (Å²) in [6.45, 7) is 0. The second-order valence-electron chi connectivity index (χ2n) is 6.57. The summed E-state index contributed by atoms with van der Waals surface area (Å²) in [5.74, 6) is -1.91. The van der Waals surface area contributed by atoms with Gasteiger partial charge >= 0.3 is 11.9 Å². The van der Waals surface area contributed by atoms with Gasteiger partial charge in [0.15, 0.2) is 6.19 Å². The van der Waals surface area contributed by atoms with Crippen molar-refractivity contribution in [1.82, 2.24) is 0 Å². The number of rotatable bonds is 3. The van der Waals surface area contributed by atoms with E-state index in [1.807, 2.05) is 42.5 Å². The largest absolute Gasteiger partial charge is 0.478 e. The summed E-state index contributed by atoms with van der Waals surface area (Å²) in [4.78, 5) is 25.8. The van der Waals surface area contributed by atoms with E-state index in [0.29, 0.717) is 17.7 Å². The Hall–Kier alpha value is -4.11. The number of fused-ring (bicyclic) bond motifs is 2. The van der Waals surface area contributed by atoms with Crippen molar-refractivity contribution in [2.75, 3.05) is 4.90 Å². The molecular weight excluding hydrogens is 368 g/mol. The van der Waals surface area contributed by atoms with E-state index in [2.05, 4.69) is 6.19 Å². The van der Waals surface area contributed by atoms with Gasteiger partial charge in [-0.25, -0.2) is 14.5 Å². The van der Waals surface area contributed by atoms with Crippen LogP contribution < -0.4 is 4.90 Å². The van der Waals surface area contributed by atoms with E-state index in [4.69, 9.17) is 4.74 Å². The molecule has 0 unspecified atom stereocenters. The fourth-order valence-electron chi connectivity index (χ4n) is 3.56. The van der Waals surface area contributed by atoms with E-state index in [1.165, 1.54) is 17.0 Å². The number of para-hydroxylation sites is 2. The van der Waals surface area contributed by atoms with Crippen molar-refractivity contribution in [2.45, 2.75) is 12.5 Å². The molecule has 1 heterocycles. The summed E-state index contributed by atoms with van der Waals surface area (Å²) in [5.41, 5.74) is 2.78. The van der Waals surface area contributed by atoms with Crippen molar-refractivity contribution in [1.29, 1.82) is 5.26 Å². The molecule has 142 valence electrons. The number of carbonyl (C=O) groups is 2. The number of nitrogens with zero attached hydrogens (tertiary/aromatic N) is 2. The van der Waals surface area contributed by atoms with Gasteiger partial charge in [-0.05, 0) is 29.8 Å². The van der Waals surface area contributed by atoms with Crippen molar-refractivity contribution < 1.29 is 19.4 Å². The van der Waals surface area contributed by atoms with Gasteiger partial charge in [-0.3, -0.25) is 0 Å². The summed E-state index contributed by atoms with van der Waals surface area (Å²) >= 11 is 0. The number of esters is 1. The third kappa shape index (κ3) is 3.30. The maximum atomic E-state index is 12.9. The molecule has 3 aromatic carbocycles. The maximum Gasteiger partial charge on any atom is 0.339 e. The third-order valence-corrected chi connectivity index (χ3v) is 4.89. The lowest BCUT2D eigenvalue weighted by atomic mass is 10.0. The summed E-state index contributed by atoms with van der Waals surface area (Å²) < 4.78 is 5.79. The van der Waals surface area contributed by atoms with E-state index in [0.717, 1.165) is 11.3 Å². The highest BCUT2D eigenvalue weighted by Gasteiger charge is 2.30. The molecule has 1 N–H and O–H groups in total. The molecule has 0 radical (unpaired) electrons. The molecule has 1 atom stereocenters. The third-order valence-electron chi connectivity index (χ3n) is 4.89. The Morgan fingerprint density at radius 1 is 0.931 bits per heavy atom. The van der Waals surface area contributed by atoms with Crippen LogP contribution >= 0.6 is 0 Å². The second kappa shape index (κ2) is 7.49. The van der Waals surface area contributed by atoms with Crippen LogP contribution in [0.2, 0.25) is 0 Å². The quantitative estimate of drug-likeness (QED) is 0.530. The van der Waals surface area contributed by atoms with Gasteiger partial charge in [0, 0.05) is 12.0 Å². The van der Waals surface area contributed by atoms with Crippen LogP contribution in [0.4, 0.5) is 11.4 Å². The zero-order valence-corrected chi connectivity index (χ0v) is 15.3. The van der Waals surface area contributed by atoms with Crippen LogP contribution in [0.15, 0.2) is 72.8 Å². The van der Waals surface area contributed by atoms with Gasteiger partial charge in [0.05, 0.1) is 22.5 Å². The first kappa shape index (κ1) is 18.3. The molecule has 6 nitrogen and oxygen atoms in total. The number of carboxylic acid groups (broad SMARTS) is 1. The van der Waals surface area contributed by atoms with Crippen LogP contribution in [-0.4, -0.2) is 17.0 Å². The van der Waals surface area contributed by atoms with Crippen LogP contribution in [0.5, 0.6) is 0 Å². The second-order valence-corrected chi connectivity index (χ2v) is 6.57. The molecule has 4 rings (SSSR count). The minimum absolute atomic E-state index is 0.00727. The van der Waals surface area contributed by atoms with E-state index >= 15 is 0 Å². The van der Waals surface area contributed by atoms with Crippen molar-refractivity contribution in [2.24, 2.45) is 0 Å².